The van der Waals surface area contributed by atoms with Crippen molar-refractivity contribution in [3.63, 3.8) is 0 Å². The fraction of sp³-hybridized carbons (Fsp3) is 0.231. The minimum Gasteiger partial charge on any atom is -0.497 e. The zero-order chi connectivity index (χ0) is 23.9. The van der Waals surface area contributed by atoms with Crippen LogP contribution in [0, 0.1) is 0 Å². The lowest BCUT2D eigenvalue weighted by Gasteiger charge is -2.36. The van der Waals surface area contributed by atoms with Gasteiger partial charge in [-0.2, -0.15) is 0 Å². The van der Waals surface area contributed by atoms with Gasteiger partial charge in [0.05, 0.1) is 12.9 Å². The van der Waals surface area contributed by atoms with E-state index in [0.717, 1.165) is 35.1 Å². The highest BCUT2D eigenvalue weighted by Gasteiger charge is 2.22. The second-order valence-corrected chi connectivity index (χ2v) is 9.33. The Labute approximate surface area is 208 Å². The van der Waals surface area contributed by atoms with E-state index in [-0.39, 0.29) is 11.8 Å². The van der Waals surface area contributed by atoms with Crippen LogP contribution in [0.1, 0.15) is 10.4 Å². The van der Waals surface area contributed by atoms with E-state index in [1.54, 1.807) is 31.4 Å². The maximum absolute atomic E-state index is 12.8. The monoisotopic (exact) mass is 495 g/mol. The number of methoxy groups -OCH3 is 1. The van der Waals surface area contributed by atoms with Crippen molar-refractivity contribution in [3.8, 4) is 5.75 Å². The third kappa shape index (κ3) is 6.24. The van der Waals surface area contributed by atoms with Crippen molar-refractivity contribution >= 4 is 46.6 Å². The molecule has 1 aliphatic rings. The number of rotatable bonds is 7. The lowest BCUT2D eigenvalue weighted by Crippen LogP contribution is -2.48. The minimum absolute atomic E-state index is 0.0387. The molecule has 0 spiro atoms. The maximum atomic E-state index is 12.8. The van der Waals surface area contributed by atoms with Crippen LogP contribution in [-0.2, 0) is 4.79 Å². The number of carbonyl (C=O) groups is 2. The summed E-state index contributed by atoms with van der Waals surface area (Å²) in [4.78, 5) is 30.2. The number of anilines is 2. The number of amides is 2. The molecule has 3 aromatic carbocycles. The second-order valence-electron chi connectivity index (χ2n) is 7.85. The quantitative estimate of drug-likeness (QED) is 0.465. The van der Waals surface area contributed by atoms with Crippen molar-refractivity contribution in [2.45, 2.75) is 4.90 Å². The van der Waals surface area contributed by atoms with Gasteiger partial charge in [0.25, 0.3) is 5.91 Å². The first-order valence-corrected chi connectivity index (χ1v) is 12.3. The average molecular weight is 496 g/mol. The van der Waals surface area contributed by atoms with E-state index in [0.29, 0.717) is 29.4 Å². The molecule has 8 heteroatoms. The van der Waals surface area contributed by atoms with Crippen LogP contribution in [0.4, 0.5) is 11.4 Å². The molecular weight excluding hydrogens is 470 g/mol. The van der Waals surface area contributed by atoms with Crippen LogP contribution in [0.5, 0.6) is 5.75 Å². The third-order valence-electron chi connectivity index (χ3n) is 5.60. The number of piperazine rings is 1. The number of hydrogen-bond donors (Lipinski definition) is 1. The molecule has 0 radical (unpaired) electrons. The molecule has 0 atom stereocenters. The van der Waals surface area contributed by atoms with Gasteiger partial charge in [-0.15, -0.1) is 11.8 Å². The molecule has 0 unspecified atom stereocenters. The number of nitrogens with zero attached hydrogens (tertiary/aromatic N) is 2. The Hall–Kier alpha value is -3.16. The molecule has 0 aliphatic carbocycles. The summed E-state index contributed by atoms with van der Waals surface area (Å²) in [5.74, 6) is 1.05. The standard InChI is InChI=1S/C26H26ClN3O3S/c1-33-23-10-2-19(3-11-23)26(32)30-16-14-29(15-17-30)22-8-6-21(7-9-22)28-25(31)18-34-24-12-4-20(27)5-13-24/h2-13H,14-18H2,1H3,(H,28,31). The molecule has 1 fully saturated rings. The first-order valence-electron chi connectivity index (χ1n) is 11.0. The van der Waals surface area contributed by atoms with E-state index >= 15 is 0 Å². The van der Waals surface area contributed by atoms with Crippen molar-refractivity contribution in [1.29, 1.82) is 0 Å². The van der Waals surface area contributed by atoms with Gasteiger partial charge < -0.3 is 19.9 Å². The minimum atomic E-state index is -0.0571. The van der Waals surface area contributed by atoms with Gasteiger partial charge in [0.15, 0.2) is 0 Å². The van der Waals surface area contributed by atoms with Gasteiger partial charge in [-0.25, -0.2) is 0 Å². The van der Waals surface area contributed by atoms with Crippen molar-refractivity contribution in [3.05, 3.63) is 83.4 Å². The smallest absolute Gasteiger partial charge is 0.253 e. The van der Waals surface area contributed by atoms with Crippen molar-refractivity contribution in [2.75, 3.05) is 49.3 Å². The number of ether oxygens (including phenoxy) is 1. The Balaban J connectivity index is 1.25. The summed E-state index contributed by atoms with van der Waals surface area (Å²) < 4.78 is 5.16. The predicted molar refractivity (Wildman–Crippen MR) is 138 cm³/mol. The average Bonchev–Trinajstić information content (AvgIpc) is 2.88. The SMILES string of the molecule is COc1ccc(C(=O)N2CCN(c3ccc(NC(=O)CSc4ccc(Cl)cc4)cc3)CC2)cc1. The molecule has 0 aromatic heterocycles. The summed E-state index contributed by atoms with van der Waals surface area (Å²) in [6, 6.07) is 22.5. The number of halogens is 1. The lowest BCUT2D eigenvalue weighted by molar-refractivity contribution is -0.113. The van der Waals surface area contributed by atoms with Gasteiger partial charge in [-0.3, -0.25) is 9.59 Å². The summed E-state index contributed by atoms with van der Waals surface area (Å²) in [6.45, 7) is 2.83. The third-order valence-corrected chi connectivity index (χ3v) is 6.87. The summed E-state index contributed by atoms with van der Waals surface area (Å²) >= 11 is 7.36. The van der Waals surface area contributed by atoms with E-state index in [1.807, 2.05) is 53.4 Å². The normalized spacial score (nSPS) is 13.5. The summed E-state index contributed by atoms with van der Waals surface area (Å²) in [6.07, 6.45) is 0. The molecule has 1 saturated heterocycles. The first kappa shape index (κ1) is 24.0. The summed E-state index contributed by atoms with van der Waals surface area (Å²) in [5.41, 5.74) is 2.51. The molecule has 2 amide bonds. The molecule has 4 rings (SSSR count). The largest absolute Gasteiger partial charge is 0.497 e. The van der Waals surface area contributed by atoms with Crippen molar-refractivity contribution in [2.24, 2.45) is 0 Å². The Bertz CT molecular complexity index is 1110. The van der Waals surface area contributed by atoms with Crippen LogP contribution in [0.25, 0.3) is 0 Å². The van der Waals surface area contributed by atoms with Crippen molar-refractivity contribution in [1.82, 2.24) is 4.90 Å². The molecule has 1 aliphatic heterocycles. The molecule has 0 saturated carbocycles. The van der Waals surface area contributed by atoms with E-state index in [9.17, 15) is 9.59 Å². The van der Waals surface area contributed by atoms with Crippen LogP contribution < -0.4 is 15.0 Å². The molecular formula is C26H26ClN3O3S. The molecule has 176 valence electrons. The van der Waals surface area contributed by atoms with E-state index in [4.69, 9.17) is 16.3 Å². The van der Waals surface area contributed by atoms with Gasteiger partial charge in [0, 0.05) is 53.0 Å². The maximum Gasteiger partial charge on any atom is 0.253 e. The predicted octanol–water partition coefficient (Wildman–Crippen LogP) is 5.04. The van der Waals surface area contributed by atoms with Crippen LogP contribution >= 0.6 is 23.4 Å². The lowest BCUT2D eigenvalue weighted by atomic mass is 10.1. The van der Waals surface area contributed by atoms with Crippen LogP contribution in [0.2, 0.25) is 5.02 Å². The van der Waals surface area contributed by atoms with E-state index in [1.165, 1.54) is 11.8 Å². The molecule has 6 nitrogen and oxygen atoms in total. The highest BCUT2D eigenvalue weighted by Crippen LogP contribution is 2.23. The number of thioether (sulfide) groups is 1. The fourth-order valence-corrected chi connectivity index (χ4v) is 4.54. The Morgan fingerprint density at radius 1 is 0.912 bits per heavy atom. The number of nitrogens with one attached hydrogen (secondary N) is 1. The Morgan fingerprint density at radius 2 is 1.56 bits per heavy atom. The number of hydrogen-bond acceptors (Lipinski definition) is 5. The van der Waals surface area contributed by atoms with Crippen LogP contribution in [-0.4, -0.2) is 55.8 Å². The zero-order valence-corrected chi connectivity index (χ0v) is 20.4. The van der Waals surface area contributed by atoms with Crippen LogP contribution in [0.3, 0.4) is 0 Å². The summed E-state index contributed by atoms with van der Waals surface area (Å²) in [7, 11) is 1.61. The first-order chi connectivity index (χ1) is 16.5. The fourth-order valence-electron chi connectivity index (χ4n) is 3.72. The molecule has 34 heavy (non-hydrogen) atoms. The van der Waals surface area contributed by atoms with Crippen LogP contribution in [0.15, 0.2) is 77.7 Å². The zero-order valence-electron chi connectivity index (χ0n) is 18.9. The van der Waals surface area contributed by atoms with Gasteiger partial charge in [-0.05, 0) is 72.8 Å². The number of carbonyl (C=O) groups excluding carboxylic acids is 2. The van der Waals surface area contributed by atoms with Gasteiger partial charge in [-0.1, -0.05) is 11.6 Å². The van der Waals surface area contributed by atoms with Crippen molar-refractivity contribution < 1.29 is 14.3 Å². The second kappa shape index (κ2) is 11.3. The molecule has 1 N–H and O–H groups in total. The Morgan fingerprint density at radius 3 is 2.18 bits per heavy atom. The van der Waals surface area contributed by atoms with Gasteiger partial charge in [0.2, 0.25) is 5.91 Å². The molecule has 1 heterocycles. The highest BCUT2D eigenvalue weighted by atomic mass is 35.5. The van der Waals surface area contributed by atoms with E-state index in [2.05, 4.69) is 10.2 Å². The van der Waals surface area contributed by atoms with Gasteiger partial charge >= 0.3 is 0 Å². The summed E-state index contributed by atoms with van der Waals surface area (Å²) in [5, 5.41) is 3.62. The molecule has 3 aromatic rings. The molecule has 0 bridgehead atoms. The highest BCUT2D eigenvalue weighted by molar-refractivity contribution is 8.00. The van der Waals surface area contributed by atoms with E-state index < -0.39 is 0 Å². The topological polar surface area (TPSA) is 61.9 Å². The Kier molecular flexibility index (Phi) is 7.98. The van der Waals surface area contributed by atoms with Gasteiger partial charge in [0.1, 0.15) is 5.75 Å². The number of benzene rings is 3.